The van der Waals surface area contributed by atoms with Crippen molar-refractivity contribution in [2.45, 2.75) is 32.6 Å². The Hall–Kier alpha value is -2.55. The number of hydrogen-bond donors (Lipinski definition) is 1. The van der Waals surface area contributed by atoms with E-state index in [1.54, 1.807) is 6.20 Å². The molecule has 0 saturated carbocycles. The average Bonchev–Trinajstić information content (AvgIpc) is 2.61. The summed E-state index contributed by atoms with van der Waals surface area (Å²) < 4.78 is 0. The van der Waals surface area contributed by atoms with E-state index in [1.807, 2.05) is 30.3 Å². The van der Waals surface area contributed by atoms with Crippen LogP contribution in [0.3, 0.4) is 0 Å². The lowest BCUT2D eigenvalue weighted by atomic mass is 9.98. The summed E-state index contributed by atoms with van der Waals surface area (Å²) in [6, 6.07) is 14.2. The highest BCUT2D eigenvalue weighted by Crippen LogP contribution is 2.28. The lowest BCUT2D eigenvalue weighted by Crippen LogP contribution is -2.10. The van der Waals surface area contributed by atoms with Gasteiger partial charge in [0.25, 0.3) is 0 Å². The molecule has 3 heteroatoms. The average molecular weight is 305 g/mol. The number of hydrogen-bond acceptors (Lipinski definition) is 2. The Bertz CT molecular complexity index is 717. The highest BCUT2D eigenvalue weighted by atomic mass is 16.1. The van der Waals surface area contributed by atoms with Gasteiger partial charge in [0.2, 0.25) is 0 Å². The van der Waals surface area contributed by atoms with Crippen LogP contribution < -0.4 is 10.9 Å². The van der Waals surface area contributed by atoms with Gasteiger partial charge in [0.1, 0.15) is 0 Å². The molecular formula is C20H21N2O. The van der Waals surface area contributed by atoms with Crippen molar-refractivity contribution in [1.29, 1.82) is 0 Å². The zero-order chi connectivity index (χ0) is 16.1. The van der Waals surface area contributed by atoms with Crippen LogP contribution in [0.1, 0.15) is 48.5 Å². The summed E-state index contributed by atoms with van der Waals surface area (Å²) in [5, 5.41) is 0. The van der Waals surface area contributed by atoms with E-state index in [0.717, 1.165) is 47.2 Å². The van der Waals surface area contributed by atoms with Gasteiger partial charge in [-0.25, -0.2) is 0 Å². The van der Waals surface area contributed by atoms with Gasteiger partial charge in [0, 0.05) is 23.7 Å². The first-order valence-electron chi connectivity index (χ1n) is 8.18. The molecule has 1 aliphatic heterocycles. The smallest absolute Gasteiger partial charge is 0.162 e. The Morgan fingerprint density at radius 3 is 2.61 bits per heavy atom. The Kier molecular flexibility index (Phi) is 4.77. The molecule has 1 aliphatic rings. The van der Waals surface area contributed by atoms with Gasteiger partial charge < -0.3 is 0 Å². The van der Waals surface area contributed by atoms with Crippen LogP contribution in [0.15, 0.2) is 48.7 Å². The molecule has 0 fully saturated rings. The Morgan fingerprint density at radius 2 is 1.83 bits per heavy atom. The molecule has 3 rings (SSSR count). The van der Waals surface area contributed by atoms with E-state index >= 15 is 0 Å². The van der Waals surface area contributed by atoms with E-state index in [2.05, 4.69) is 36.0 Å². The third-order valence-electron chi connectivity index (χ3n) is 4.11. The highest BCUT2D eigenvalue weighted by molar-refractivity contribution is 5.96. The van der Waals surface area contributed by atoms with Crippen molar-refractivity contribution in [3.63, 3.8) is 0 Å². The number of ketones is 1. The number of carbonyl (C=O) groups excluding carboxylic acids is 1. The second-order valence-electron chi connectivity index (χ2n) is 5.82. The first kappa shape index (κ1) is 15.3. The lowest BCUT2D eigenvalue weighted by Gasteiger charge is -2.13. The van der Waals surface area contributed by atoms with Gasteiger partial charge in [-0.05, 0) is 29.7 Å². The third-order valence-corrected chi connectivity index (χ3v) is 4.11. The minimum absolute atomic E-state index is 0.237. The summed E-state index contributed by atoms with van der Waals surface area (Å²) in [7, 11) is 0. The van der Waals surface area contributed by atoms with Gasteiger partial charge in [-0.15, -0.1) is 0 Å². The van der Waals surface area contributed by atoms with Crippen LogP contribution in [0, 0.1) is 0 Å². The number of fused-ring (bicyclic) bond motifs is 1. The van der Waals surface area contributed by atoms with Gasteiger partial charge >= 0.3 is 0 Å². The van der Waals surface area contributed by atoms with E-state index in [9.17, 15) is 4.79 Å². The zero-order valence-corrected chi connectivity index (χ0v) is 13.4. The molecule has 1 radical (unpaired) electrons. The monoisotopic (exact) mass is 305 g/mol. The van der Waals surface area contributed by atoms with Crippen LogP contribution in [0.2, 0.25) is 0 Å². The molecular weight excluding hydrogens is 284 g/mol. The molecule has 0 unspecified atom stereocenters. The second-order valence-corrected chi connectivity index (χ2v) is 5.82. The Morgan fingerprint density at radius 1 is 1.04 bits per heavy atom. The quantitative estimate of drug-likeness (QED) is 0.600. The fourth-order valence-electron chi connectivity index (χ4n) is 2.73. The molecule has 1 N–H and O–H groups in total. The lowest BCUT2D eigenvalue weighted by molar-refractivity contribution is 0.0979. The highest BCUT2D eigenvalue weighted by Gasteiger charge is 2.08. The van der Waals surface area contributed by atoms with Gasteiger partial charge in [-0.2, -0.15) is 5.43 Å². The maximum atomic E-state index is 12.1. The molecule has 1 heterocycles. The molecule has 3 nitrogen and oxygen atoms in total. The summed E-state index contributed by atoms with van der Waals surface area (Å²) >= 11 is 0. The van der Waals surface area contributed by atoms with Crippen molar-refractivity contribution >= 4 is 17.5 Å². The summed E-state index contributed by atoms with van der Waals surface area (Å²) in [4.78, 5) is 12.1. The number of nitrogens with one attached hydrogen (secondary N) is 1. The van der Waals surface area contributed by atoms with Crippen molar-refractivity contribution in [1.82, 2.24) is 5.43 Å². The molecule has 2 aromatic rings. The van der Waals surface area contributed by atoms with Gasteiger partial charge in [0.05, 0.1) is 5.69 Å². The van der Waals surface area contributed by atoms with E-state index in [0.29, 0.717) is 6.42 Å². The normalized spacial score (nSPS) is 12.2. The van der Waals surface area contributed by atoms with Crippen molar-refractivity contribution in [3.8, 4) is 11.1 Å². The predicted octanol–water partition coefficient (Wildman–Crippen LogP) is 5.03. The number of nitrogens with zero attached hydrogens (tertiary/aromatic N) is 1. The van der Waals surface area contributed by atoms with Gasteiger partial charge in [0.15, 0.2) is 5.78 Å². The molecule has 0 bridgehead atoms. The van der Waals surface area contributed by atoms with E-state index < -0.39 is 0 Å². The van der Waals surface area contributed by atoms with Crippen molar-refractivity contribution in [3.05, 3.63) is 59.8 Å². The SMILES string of the molecule is CCCCCC(=O)c1ccc(-c2ccc3c(c2)N[N]C=C3)cc1. The molecule has 117 valence electrons. The van der Waals surface area contributed by atoms with E-state index in [-0.39, 0.29) is 5.78 Å². The second kappa shape index (κ2) is 7.14. The number of carbonyl (C=O) groups is 1. The molecule has 2 aromatic carbocycles. The molecule has 23 heavy (non-hydrogen) atoms. The fourth-order valence-corrected chi connectivity index (χ4v) is 2.73. The first-order valence-corrected chi connectivity index (χ1v) is 8.18. The molecule has 0 atom stereocenters. The number of benzene rings is 2. The molecule has 0 amide bonds. The topological polar surface area (TPSA) is 43.2 Å². The molecule has 0 aromatic heterocycles. The number of Topliss-reactive ketones (excluding diaryl/α,β-unsaturated/α-hetero) is 1. The van der Waals surface area contributed by atoms with Crippen molar-refractivity contribution in [2.75, 3.05) is 5.43 Å². The largest absolute Gasteiger partial charge is 0.294 e. The van der Waals surface area contributed by atoms with Crippen molar-refractivity contribution < 1.29 is 4.79 Å². The van der Waals surface area contributed by atoms with Crippen LogP contribution in [-0.2, 0) is 0 Å². The maximum Gasteiger partial charge on any atom is 0.162 e. The minimum Gasteiger partial charge on any atom is -0.294 e. The standard InChI is InChI=1S/C20H21N2O/c1-2-3-4-5-20(23)17-9-6-15(7-10-17)18-11-8-16-12-13-21-22-19(16)14-18/h6-14,22H,2-5H2,1H3. The molecule has 0 spiro atoms. The third kappa shape index (κ3) is 3.62. The number of rotatable bonds is 6. The molecule has 0 saturated heterocycles. The van der Waals surface area contributed by atoms with Crippen LogP contribution in [0.5, 0.6) is 0 Å². The van der Waals surface area contributed by atoms with Crippen molar-refractivity contribution in [2.24, 2.45) is 0 Å². The Labute approximate surface area is 137 Å². The summed E-state index contributed by atoms with van der Waals surface area (Å²) in [6.45, 7) is 2.15. The number of unbranched alkanes of at least 4 members (excludes halogenated alkanes) is 2. The van der Waals surface area contributed by atoms with E-state index in [4.69, 9.17) is 0 Å². The fraction of sp³-hybridized carbons (Fsp3) is 0.250. The van der Waals surface area contributed by atoms with Crippen LogP contribution in [0.4, 0.5) is 5.69 Å². The summed E-state index contributed by atoms with van der Waals surface area (Å²) in [6.07, 6.45) is 7.61. The zero-order valence-electron chi connectivity index (χ0n) is 13.4. The van der Waals surface area contributed by atoms with Crippen LogP contribution in [-0.4, -0.2) is 5.78 Å². The number of anilines is 1. The summed E-state index contributed by atoms with van der Waals surface area (Å²) in [5.41, 5.74) is 12.2. The van der Waals surface area contributed by atoms with E-state index in [1.165, 1.54) is 0 Å². The Balaban J connectivity index is 1.74. The summed E-state index contributed by atoms with van der Waals surface area (Å²) in [5.74, 6) is 0.237. The molecule has 0 aliphatic carbocycles. The van der Waals surface area contributed by atoms with Crippen LogP contribution >= 0.6 is 0 Å². The predicted molar refractivity (Wildman–Crippen MR) is 95.1 cm³/mol. The first-order chi connectivity index (χ1) is 11.3. The van der Waals surface area contributed by atoms with Gasteiger partial charge in [-0.3, -0.25) is 10.2 Å². The minimum atomic E-state index is 0.237. The van der Waals surface area contributed by atoms with Gasteiger partial charge in [-0.1, -0.05) is 56.2 Å². The maximum absolute atomic E-state index is 12.1. The van der Waals surface area contributed by atoms with Crippen LogP contribution in [0.25, 0.3) is 17.2 Å².